The lowest BCUT2D eigenvalue weighted by atomic mass is 9.90. The summed E-state index contributed by atoms with van der Waals surface area (Å²) < 4.78 is 6.63. The Labute approximate surface area is 187 Å². The molecule has 4 aromatic rings. The van der Waals surface area contributed by atoms with Gasteiger partial charge in [0, 0.05) is 23.3 Å². The Balaban J connectivity index is 1.30. The third kappa shape index (κ3) is 4.35. The van der Waals surface area contributed by atoms with E-state index in [0.717, 1.165) is 29.2 Å². The predicted molar refractivity (Wildman–Crippen MR) is 121 cm³/mol. The molecule has 3 heterocycles. The molecule has 1 aliphatic carbocycles. The minimum absolute atomic E-state index is 0.132. The topological polar surface area (TPSA) is 98.1 Å². The molecule has 1 saturated carbocycles. The maximum absolute atomic E-state index is 12.6. The van der Waals surface area contributed by atoms with Gasteiger partial charge >= 0.3 is 0 Å². The third-order valence-corrected chi connectivity index (χ3v) is 7.40. The number of ether oxygens (including phenoxy) is 1. The zero-order chi connectivity index (χ0) is 21.2. The first-order chi connectivity index (χ1) is 15.2. The van der Waals surface area contributed by atoms with Crippen molar-refractivity contribution in [2.75, 3.05) is 7.11 Å². The molecule has 0 bridgehead atoms. The van der Waals surface area contributed by atoms with Crippen molar-refractivity contribution in [3.8, 4) is 17.1 Å². The van der Waals surface area contributed by atoms with Crippen molar-refractivity contribution < 1.29 is 4.74 Å². The van der Waals surface area contributed by atoms with Crippen molar-refractivity contribution in [2.24, 2.45) is 0 Å². The van der Waals surface area contributed by atoms with Crippen LogP contribution in [0.25, 0.3) is 16.3 Å². The number of methoxy groups -OCH3 is 1. The number of nitrogens with one attached hydrogen (secondary N) is 1. The summed E-state index contributed by atoms with van der Waals surface area (Å²) in [7, 11) is 1.64. The number of rotatable bonds is 6. The number of fused-ring (bicyclic) bond motifs is 1. The highest BCUT2D eigenvalue weighted by atomic mass is 32.2. The summed E-state index contributed by atoms with van der Waals surface area (Å²) in [6.45, 7) is 0. The van der Waals surface area contributed by atoms with E-state index in [0.29, 0.717) is 33.3 Å². The summed E-state index contributed by atoms with van der Waals surface area (Å²) >= 11 is 2.99. The Kier molecular flexibility index (Phi) is 5.73. The van der Waals surface area contributed by atoms with Gasteiger partial charge in [-0.05, 0) is 37.1 Å². The maximum atomic E-state index is 12.6. The molecule has 1 N–H and O–H groups in total. The zero-order valence-corrected chi connectivity index (χ0v) is 18.7. The van der Waals surface area contributed by atoms with Crippen LogP contribution in [0.5, 0.6) is 5.75 Å². The molecular weight excluding hydrogens is 432 g/mol. The highest BCUT2D eigenvalue weighted by molar-refractivity contribution is 7.98. The van der Waals surface area contributed by atoms with E-state index in [9.17, 15) is 4.79 Å². The minimum atomic E-state index is -0.132. The Morgan fingerprint density at radius 3 is 2.77 bits per heavy atom. The molecule has 8 nitrogen and oxygen atoms in total. The molecule has 0 radical (unpaired) electrons. The molecule has 1 aromatic carbocycles. The van der Waals surface area contributed by atoms with Gasteiger partial charge < -0.3 is 4.74 Å². The first-order valence-electron chi connectivity index (χ1n) is 10.3. The van der Waals surface area contributed by atoms with E-state index in [1.54, 1.807) is 24.5 Å². The molecule has 0 atom stereocenters. The second kappa shape index (κ2) is 8.80. The molecule has 0 unspecified atom stereocenters. The second-order valence-electron chi connectivity index (χ2n) is 7.54. The van der Waals surface area contributed by atoms with Gasteiger partial charge in [0.25, 0.3) is 5.56 Å². The summed E-state index contributed by atoms with van der Waals surface area (Å²) in [6, 6.07) is 9.18. The number of H-pyrrole nitrogens is 1. The monoisotopic (exact) mass is 454 g/mol. The van der Waals surface area contributed by atoms with Gasteiger partial charge in [0.2, 0.25) is 10.1 Å². The lowest BCUT2D eigenvalue weighted by molar-refractivity contribution is 0.415. The van der Waals surface area contributed by atoms with Crippen LogP contribution in [0.2, 0.25) is 0 Å². The fourth-order valence-corrected chi connectivity index (χ4v) is 5.57. The number of aromatic nitrogens is 6. The van der Waals surface area contributed by atoms with Crippen LogP contribution in [-0.4, -0.2) is 36.9 Å². The number of nitrogens with zero attached hydrogens (tertiary/aromatic N) is 5. The highest BCUT2D eigenvalue weighted by Gasteiger charge is 2.20. The first-order valence-corrected chi connectivity index (χ1v) is 12.1. The maximum Gasteiger partial charge on any atom is 0.275 e. The van der Waals surface area contributed by atoms with Gasteiger partial charge in [0.05, 0.1) is 12.8 Å². The lowest BCUT2D eigenvalue weighted by Gasteiger charge is -2.18. The molecule has 5 rings (SSSR count). The standard InChI is InChI=1S/C21H22N6O2S2/c1-29-16-9-7-13(8-10-16)18-23-20(25-24-18)30-12-15-11-17(28)27-21(22-15)31-19(26-27)14-5-3-2-4-6-14/h7-11,14H,2-6,12H2,1H3,(H,23,24,25). The van der Waals surface area contributed by atoms with E-state index in [1.165, 1.54) is 35.5 Å². The fourth-order valence-electron chi connectivity index (χ4n) is 3.79. The van der Waals surface area contributed by atoms with E-state index in [1.807, 2.05) is 24.3 Å². The smallest absolute Gasteiger partial charge is 0.275 e. The van der Waals surface area contributed by atoms with Gasteiger partial charge in [0.15, 0.2) is 5.82 Å². The number of hydrogen-bond acceptors (Lipinski definition) is 8. The van der Waals surface area contributed by atoms with Crippen molar-refractivity contribution in [1.29, 1.82) is 0 Å². The Hall–Kier alpha value is -2.72. The molecule has 160 valence electrons. The van der Waals surface area contributed by atoms with Crippen LogP contribution in [0.1, 0.15) is 48.7 Å². The summed E-state index contributed by atoms with van der Waals surface area (Å²) in [6.07, 6.45) is 6.07. The van der Waals surface area contributed by atoms with E-state index in [4.69, 9.17) is 4.74 Å². The highest BCUT2D eigenvalue weighted by Crippen LogP contribution is 2.34. The van der Waals surface area contributed by atoms with Crippen molar-refractivity contribution >= 4 is 28.1 Å². The molecule has 1 aliphatic rings. The quantitative estimate of drug-likeness (QED) is 0.434. The van der Waals surface area contributed by atoms with Crippen molar-refractivity contribution in [2.45, 2.75) is 48.9 Å². The lowest BCUT2D eigenvalue weighted by Crippen LogP contribution is -2.15. The van der Waals surface area contributed by atoms with Crippen LogP contribution in [-0.2, 0) is 5.75 Å². The van der Waals surface area contributed by atoms with Crippen LogP contribution in [0.3, 0.4) is 0 Å². The van der Waals surface area contributed by atoms with Crippen LogP contribution in [0.4, 0.5) is 0 Å². The van der Waals surface area contributed by atoms with Gasteiger partial charge in [-0.25, -0.2) is 9.97 Å². The van der Waals surface area contributed by atoms with Crippen LogP contribution in [0.15, 0.2) is 40.3 Å². The van der Waals surface area contributed by atoms with E-state index in [-0.39, 0.29) is 5.56 Å². The number of hydrogen-bond donors (Lipinski definition) is 1. The molecule has 0 saturated heterocycles. The third-order valence-electron chi connectivity index (χ3n) is 5.45. The summed E-state index contributed by atoms with van der Waals surface area (Å²) in [5, 5.41) is 13.4. The van der Waals surface area contributed by atoms with Crippen LogP contribution >= 0.6 is 23.1 Å². The molecule has 10 heteroatoms. The summed E-state index contributed by atoms with van der Waals surface area (Å²) in [5.41, 5.74) is 1.51. The number of thioether (sulfide) groups is 1. The van der Waals surface area contributed by atoms with E-state index in [2.05, 4.69) is 25.3 Å². The second-order valence-corrected chi connectivity index (χ2v) is 9.47. The summed E-state index contributed by atoms with van der Waals surface area (Å²) in [5.74, 6) is 2.46. The van der Waals surface area contributed by atoms with Crippen molar-refractivity contribution in [3.05, 3.63) is 51.4 Å². The summed E-state index contributed by atoms with van der Waals surface area (Å²) in [4.78, 5) is 22.4. The molecule has 1 fully saturated rings. The Morgan fingerprint density at radius 2 is 2.00 bits per heavy atom. The average Bonchev–Trinajstić information content (AvgIpc) is 3.46. The zero-order valence-electron chi connectivity index (χ0n) is 17.1. The average molecular weight is 455 g/mol. The Bertz CT molecular complexity index is 1240. The van der Waals surface area contributed by atoms with Gasteiger partial charge in [-0.3, -0.25) is 9.89 Å². The van der Waals surface area contributed by atoms with Crippen LogP contribution < -0.4 is 10.3 Å². The number of benzene rings is 1. The molecule has 0 aliphatic heterocycles. The minimum Gasteiger partial charge on any atom is -0.497 e. The van der Waals surface area contributed by atoms with Gasteiger partial charge in [-0.2, -0.15) is 9.61 Å². The van der Waals surface area contributed by atoms with E-state index < -0.39 is 0 Å². The Morgan fingerprint density at radius 1 is 1.19 bits per heavy atom. The molecule has 0 spiro atoms. The SMILES string of the molecule is COc1ccc(-c2nc(SCc3cc(=O)n4nc(C5CCCCC5)sc4n3)n[nH]2)cc1. The van der Waals surface area contributed by atoms with Crippen LogP contribution in [0, 0.1) is 0 Å². The molecular formula is C21H22N6O2S2. The first kappa shape index (κ1) is 20.2. The van der Waals surface area contributed by atoms with Crippen molar-refractivity contribution in [3.63, 3.8) is 0 Å². The largest absolute Gasteiger partial charge is 0.497 e. The normalized spacial score (nSPS) is 14.9. The van der Waals surface area contributed by atoms with Gasteiger partial charge in [0.1, 0.15) is 10.8 Å². The van der Waals surface area contributed by atoms with Crippen molar-refractivity contribution in [1.82, 2.24) is 29.8 Å². The molecule has 0 amide bonds. The van der Waals surface area contributed by atoms with Gasteiger partial charge in [-0.15, -0.1) is 5.10 Å². The molecule has 3 aromatic heterocycles. The van der Waals surface area contributed by atoms with Gasteiger partial charge in [-0.1, -0.05) is 42.4 Å². The number of aromatic amines is 1. The predicted octanol–water partition coefficient (Wildman–Crippen LogP) is 4.28. The van der Waals surface area contributed by atoms with E-state index >= 15 is 0 Å². The molecule has 31 heavy (non-hydrogen) atoms. The fraction of sp³-hybridized carbons (Fsp3) is 0.381.